The number of aromatic nitrogens is 1. The van der Waals surface area contributed by atoms with Gasteiger partial charge in [-0.25, -0.2) is 9.37 Å². The van der Waals surface area contributed by atoms with Gasteiger partial charge < -0.3 is 19.4 Å². The zero-order valence-electron chi connectivity index (χ0n) is 19.4. The molecule has 4 aromatic rings. The lowest BCUT2D eigenvalue weighted by atomic mass is 10.0. The topological polar surface area (TPSA) is 67.6 Å². The Morgan fingerprint density at radius 3 is 2.40 bits per heavy atom. The van der Waals surface area contributed by atoms with Crippen LogP contribution in [0.5, 0.6) is 0 Å². The van der Waals surface area contributed by atoms with Crippen LogP contribution in [0.3, 0.4) is 0 Å². The molecule has 1 N–H and O–H groups in total. The van der Waals surface area contributed by atoms with E-state index < -0.39 is 5.82 Å². The minimum absolute atomic E-state index is 0.201. The highest BCUT2D eigenvalue weighted by Gasteiger charge is 2.20. The molecule has 1 fully saturated rings. The molecule has 1 saturated heterocycles. The van der Waals surface area contributed by atoms with Gasteiger partial charge in [0.25, 0.3) is 5.91 Å². The maximum atomic E-state index is 14.2. The minimum Gasteiger partial charge on any atom is -0.436 e. The van der Waals surface area contributed by atoms with Gasteiger partial charge in [-0.05, 0) is 48.9 Å². The molecule has 5 rings (SSSR count). The van der Waals surface area contributed by atoms with E-state index >= 15 is 0 Å². The van der Waals surface area contributed by atoms with Crippen LogP contribution in [0.4, 0.5) is 10.1 Å². The Morgan fingerprint density at radius 2 is 1.66 bits per heavy atom. The second-order valence-corrected chi connectivity index (χ2v) is 8.44. The van der Waals surface area contributed by atoms with E-state index in [1.807, 2.05) is 25.1 Å². The number of hydrogen-bond acceptors (Lipinski definition) is 5. The van der Waals surface area contributed by atoms with Crippen LogP contribution >= 0.6 is 0 Å². The quantitative estimate of drug-likeness (QED) is 0.404. The van der Waals surface area contributed by atoms with E-state index in [9.17, 15) is 9.18 Å². The SMILES string of the molecule is CC(NC(=O)c1ccccc1-c1ncc(-c2ccccc2F)o1)c1ccc(N2CCOCC2)cc1. The van der Waals surface area contributed by atoms with Crippen LogP contribution in [0, 0.1) is 5.82 Å². The van der Waals surface area contributed by atoms with Crippen molar-refractivity contribution < 1.29 is 18.3 Å². The summed E-state index contributed by atoms with van der Waals surface area (Å²) in [5.74, 6) is -0.0655. The van der Waals surface area contributed by atoms with E-state index in [0.717, 1.165) is 37.6 Å². The lowest BCUT2D eigenvalue weighted by Gasteiger charge is -2.29. The number of benzene rings is 3. The molecule has 1 amide bonds. The third-order valence-electron chi connectivity index (χ3n) is 6.16. The Labute approximate surface area is 203 Å². The molecule has 2 heterocycles. The first-order valence-corrected chi connectivity index (χ1v) is 11.6. The number of rotatable bonds is 6. The van der Waals surface area contributed by atoms with Crippen molar-refractivity contribution in [1.29, 1.82) is 0 Å². The predicted octanol–water partition coefficient (Wildman–Crippen LogP) is 5.48. The van der Waals surface area contributed by atoms with Crippen LogP contribution in [0.15, 0.2) is 83.4 Å². The summed E-state index contributed by atoms with van der Waals surface area (Å²) in [6, 6.07) is 21.5. The van der Waals surface area contributed by atoms with Crippen LogP contribution in [-0.4, -0.2) is 37.2 Å². The lowest BCUT2D eigenvalue weighted by Crippen LogP contribution is -2.36. The summed E-state index contributed by atoms with van der Waals surface area (Å²) in [5.41, 5.74) is 3.46. The summed E-state index contributed by atoms with van der Waals surface area (Å²) < 4.78 is 25.4. The monoisotopic (exact) mass is 471 g/mol. The summed E-state index contributed by atoms with van der Waals surface area (Å²) in [4.78, 5) is 19.8. The Kier molecular flexibility index (Phi) is 6.59. The first-order valence-electron chi connectivity index (χ1n) is 11.6. The third kappa shape index (κ3) is 4.95. The highest BCUT2D eigenvalue weighted by Crippen LogP contribution is 2.30. The fourth-order valence-electron chi connectivity index (χ4n) is 4.20. The summed E-state index contributed by atoms with van der Waals surface area (Å²) >= 11 is 0. The van der Waals surface area contributed by atoms with Gasteiger partial charge in [0.15, 0.2) is 5.76 Å². The standard InChI is InChI=1S/C28H26FN3O3/c1-19(20-10-12-21(13-11-20)32-14-16-34-17-15-32)31-27(33)22-6-2-3-7-23(22)28-30-18-26(35-28)24-8-4-5-9-25(24)29/h2-13,18-19H,14-17H2,1H3,(H,31,33). The van der Waals surface area contributed by atoms with Crippen molar-refractivity contribution in [2.45, 2.75) is 13.0 Å². The van der Waals surface area contributed by atoms with Gasteiger partial charge in [0.1, 0.15) is 5.82 Å². The van der Waals surface area contributed by atoms with Crippen molar-refractivity contribution >= 4 is 11.6 Å². The number of ether oxygens (including phenoxy) is 1. The number of nitrogens with one attached hydrogen (secondary N) is 1. The first kappa shape index (κ1) is 22.8. The molecule has 0 bridgehead atoms. The predicted molar refractivity (Wildman–Crippen MR) is 133 cm³/mol. The van der Waals surface area contributed by atoms with E-state index in [1.54, 1.807) is 36.4 Å². The summed E-state index contributed by atoms with van der Waals surface area (Å²) in [7, 11) is 0. The molecule has 1 atom stereocenters. The molecule has 7 heteroatoms. The molecule has 0 aliphatic carbocycles. The molecule has 6 nitrogen and oxygen atoms in total. The molecule has 0 radical (unpaired) electrons. The Morgan fingerprint density at radius 1 is 0.971 bits per heavy atom. The molecule has 178 valence electrons. The molecule has 0 saturated carbocycles. The number of anilines is 1. The van der Waals surface area contributed by atoms with Gasteiger partial charge in [-0.15, -0.1) is 0 Å². The van der Waals surface area contributed by atoms with Crippen molar-refractivity contribution in [3.05, 3.63) is 95.9 Å². The Balaban J connectivity index is 1.32. The number of oxazole rings is 1. The number of hydrogen-bond donors (Lipinski definition) is 1. The number of amides is 1. The molecular formula is C28H26FN3O3. The third-order valence-corrected chi connectivity index (χ3v) is 6.16. The average molecular weight is 472 g/mol. The first-order chi connectivity index (χ1) is 17.1. The van der Waals surface area contributed by atoms with Gasteiger partial charge >= 0.3 is 0 Å². The molecule has 3 aromatic carbocycles. The van der Waals surface area contributed by atoms with E-state index in [4.69, 9.17) is 9.15 Å². The van der Waals surface area contributed by atoms with Gasteiger partial charge in [-0.2, -0.15) is 0 Å². The number of nitrogens with zero attached hydrogens (tertiary/aromatic N) is 2. The fourth-order valence-corrected chi connectivity index (χ4v) is 4.20. The smallest absolute Gasteiger partial charge is 0.252 e. The average Bonchev–Trinajstić information content (AvgIpc) is 3.39. The highest BCUT2D eigenvalue weighted by molar-refractivity contribution is 6.00. The van der Waals surface area contributed by atoms with E-state index in [0.29, 0.717) is 22.5 Å². The molecule has 1 aromatic heterocycles. The van der Waals surface area contributed by atoms with Crippen molar-refractivity contribution in [3.63, 3.8) is 0 Å². The lowest BCUT2D eigenvalue weighted by molar-refractivity contribution is 0.0940. The Bertz CT molecular complexity index is 1310. The van der Waals surface area contributed by atoms with Gasteiger partial charge in [-0.1, -0.05) is 36.4 Å². The van der Waals surface area contributed by atoms with Gasteiger partial charge in [0, 0.05) is 24.3 Å². The summed E-state index contributed by atoms with van der Waals surface area (Å²) in [5, 5.41) is 3.07. The number of carbonyl (C=O) groups is 1. The van der Waals surface area contributed by atoms with Crippen LogP contribution < -0.4 is 10.2 Å². The largest absolute Gasteiger partial charge is 0.436 e. The Hall–Kier alpha value is -3.97. The maximum absolute atomic E-state index is 14.2. The van der Waals surface area contributed by atoms with Crippen molar-refractivity contribution in [3.8, 4) is 22.8 Å². The van der Waals surface area contributed by atoms with Crippen LogP contribution in [0.25, 0.3) is 22.8 Å². The molecule has 0 spiro atoms. The number of carbonyl (C=O) groups excluding carboxylic acids is 1. The second kappa shape index (κ2) is 10.1. The normalized spacial score (nSPS) is 14.5. The maximum Gasteiger partial charge on any atom is 0.252 e. The highest BCUT2D eigenvalue weighted by atomic mass is 19.1. The van der Waals surface area contributed by atoms with Crippen molar-refractivity contribution in [2.24, 2.45) is 0 Å². The molecular weight excluding hydrogens is 445 g/mol. The molecule has 1 aliphatic heterocycles. The van der Waals surface area contributed by atoms with Gasteiger partial charge in [-0.3, -0.25) is 4.79 Å². The summed E-state index contributed by atoms with van der Waals surface area (Å²) in [6.45, 7) is 5.18. The van der Waals surface area contributed by atoms with Crippen LogP contribution in [0.2, 0.25) is 0 Å². The molecule has 35 heavy (non-hydrogen) atoms. The molecule has 1 aliphatic rings. The van der Waals surface area contributed by atoms with Crippen LogP contribution in [0.1, 0.15) is 28.9 Å². The van der Waals surface area contributed by atoms with Crippen molar-refractivity contribution in [1.82, 2.24) is 10.3 Å². The van der Waals surface area contributed by atoms with E-state index in [-0.39, 0.29) is 17.8 Å². The minimum atomic E-state index is -0.394. The van der Waals surface area contributed by atoms with Gasteiger partial charge in [0.2, 0.25) is 5.89 Å². The summed E-state index contributed by atoms with van der Waals surface area (Å²) in [6.07, 6.45) is 1.47. The van der Waals surface area contributed by atoms with Crippen molar-refractivity contribution in [2.75, 3.05) is 31.2 Å². The second-order valence-electron chi connectivity index (χ2n) is 8.44. The van der Waals surface area contributed by atoms with Gasteiger partial charge in [0.05, 0.1) is 36.6 Å². The zero-order valence-corrected chi connectivity index (χ0v) is 19.4. The number of halogens is 1. The van der Waals surface area contributed by atoms with E-state index in [2.05, 4.69) is 27.3 Å². The van der Waals surface area contributed by atoms with E-state index in [1.165, 1.54) is 12.3 Å². The zero-order chi connectivity index (χ0) is 24.2. The number of morpholine rings is 1. The van der Waals surface area contributed by atoms with Crippen LogP contribution in [-0.2, 0) is 4.74 Å². The molecule has 1 unspecified atom stereocenters. The fraction of sp³-hybridized carbons (Fsp3) is 0.214.